The van der Waals surface area contributed by atoms with Crippen LogP contribution < -0.4 is 10.6 Å². The van der Waals surface area contributed by atoms with Crippen molar-refractivity contribution in [3.63, 3.8) is 0 Å². The SMILES string of the molecule is CSc1cccc(N2CCCC(C)C2)c1C(=N)N. The second-order valence-corrected chi connectivity index (χ2v) is 5.81. The first-order valence-corrected chi connectivity index (χ1v) is 7.62. The van der Waals surface area contributed by atoms with E-state index in [4.69, 9.17) is 11.1 Å². The third kappa shape index (κ3) is 2.64. The number of nitrogens with two attached hydrogens (primary N) is 1. The van der Waals surface area contributed by atoms with Gasteiger partial charge in [-0.05, 0) is 37.1 Å². The van der Waals surface area contributed by atoms with Gasteiger partial charge in [0.2, 0.25) is 0 Å². The molecule has 1 aliphatic heterocycles. The number of thioether (sulfide) groups is 1. The lowest BCUT2D eigenvalue weighted by atomic mass is 9.98. The smallest absolute Gasteiger partial charge is 0.126 e. The molecule has 3 N–H and O–H groups in total. The number of nitrogens with zero attached hydrogens (tertiary/aromatic N) is 1. The van der Waals surface area contributed by atoms with Crippen LogP contribution in [0.3, 0.4) is 0 Å². The van der Waals surface area contributed by atoms with Gasteiger partial charge in [0.1, 0.15) is 5.84 Å². The van der Waals surface area contributed by atoms with E-state index >= 15 is 0 Å². The number of amidine groups is 1. The molecule has 0 aliphatic carbocycles. The predicted octanol–water partition coefficient (Wildman–Crippen LogP) is 2.93. The Morgan fingerprint density at radius 1 is 1.50 bits per heavy atom. The van der Waals surface area contributed by atoms with Gasteiger partial charge in [0.05, 0.1) is 5.56 Å². The van der Waals surface area contributed by atoms with Crippen molar-refractivity contribution in [3.8, 4) is 0 Å². The fourth-order valence-electron chi connectivity index (χ4n) is 2.63. The van der Waals surface area contributed by atoms with Crippen LogP contribution in [-0.2, 0) is 0 Å². The van der Waals surface area contributed by atoms with Crippen LogP contribution in [0.5, 0.6) is 0 Å². The second kappa shape index (κ2) is 5.65. The highest BCUT2D eigenvalue weighted by Crippen LogP contribution is 2.31. The van der Waals surface area contributed by atoms with E-state index in [-0.39, 0.29) is 5.84 Å². The molecule has 2 rings (SSSR count). The van der Waals surface area contributed by atoms with E-state index in [1.165, 1.54) is 12.8 Å². The number of nitrogen functional groups attached to an aromatic ring is 1. The van der Waals surface area contributed by atoms with Crippen molar-refractivity contribution >= 4 is 23.3 Å². The van der Waals surface area contributed by atoms with Gasteiger partial charge in [0, 0.05) is 23.7 Å². The molecule has 0 aromatic heterocycles. The van der Waals surface area contributed by atoms with Gasteiger partial charge in [0.25, 0.3) is 0 Å². The zero-order valence-corrected chi connectivity index (χ0v) is 11.9. The summed E-state index contributed by atoms with van der Waals surface area (Å²) in [6, 6.07) is 6.19. The maximum absolute atomic E-state index is 7.83. The molecule has 1 unspecified atom stereocenters. The first kappa shape index (κ1) is 13.3. The maximum atomic E-state index is 7.83. The molecule has 0 spiro atoms. The van der Waals surface area contributed by atoms with Crippen LogP contribution in [0.2, 0.25) is 0 Å². The van der Waals surface area contributed by atoms with Gasteiger partial charge in [-0.1, -0.05) is 13.0 Å². The summed E-state index contributed by atoms with van der Waals surface area (Å²) in [6.45, 7) is 4.43. The van der Waals surface area contributed by atoms with Crippen molar-refractivity contribution in [2.75, 3.05) is 24.2 Å². The highest BCUT2D eigenvalue weighted by Gasteiger charge is 2.21. The quantitative estimate of drug-likeness (QED) is 0.501. The minimum absolute atomic E-state index is 0.174. The summed E-state index contributed by atoms with van der Waals surface area (Å²) in [4.78, 5) is 3.48. The summed E-state index contributed by atoms with van der Waals surface area (Å²) >= 11 is 1.66. The predicted molar refractivity (Wildman–Crippen MR) is 79.9 cm³/mol. The Morgan fingerprint density at radius 3 is 2.89 bits per heavy atom. The van der Waals surface area contributed by atoms with Crippen LogP contribution in [0.1, 0.15) is 25.3 Å². The van der Waals surface area contributed by atoms with Gasteiger partial charge in [-0.3, -0.25) is 5.41 Å². The molecule has 0 amide bonds. The summed E-state index contributed by atoms with van der Waals surface area (Å²) in [5.74, 6) is 0.893. The molecule has 1 atom stereocenters. The fourth-order valence-corrected chi connectivity index (χ4v) is 3.27. The van der Waals surface area contributed by atoms with Crippen molar-refractivity contribution in [1.29, 1.82) is 5.41 Å². The summed E-state index contributed by atoms with van der Waals surface area (Å²) in [5, 5.41) is 7.83. The van der Waals surface area contributed by atoms with Crippen molar-refractivity contribution in [1.82, 2.24) is 0 Å². The average Bonchev–Trinajstić information content (AvgIpc) is 2.37. The fraction of sp³-hybridized carbons (Fsp3) is 0.500. The van der Waals surface area contributed by atoms with E-state index < -0.39 is 0 Å². The zero-order valence-electron chi connectivity index (χ0n) is 11.1. The van der Waals surface area contributed by atoms with Gasteiger partial charge in [-0.25, -0.2) is 0 Å². The summed E-state index contributed by atoms with van der Waals surface area (Å²) in [6.07, 6.45) is 4.56. The van der Waals surface area contributed by atoms with E-state index in [0.29, 0.717) is 0 Å². The van der Waals surface area contributed by atoms with E-state index in [0.717, 1.165) is 35.2 Å². The Balaban J connectivity index is 2.40. The summed E-state index contributed by atoms with van der Waals surface area (Å²) in [7, 11) is 0. The number of anilines is 1. The van der Waals surface area contributed by atoms with Crippen LogP contribution in [0.4, 0.5) is 5.69 Å². The molecule has 18 heavy (non-hydrogen) atoms. The first-order chi connectivity index (χ1) is 8.63. The highest BCUT2D eigenvalue weighted by atomic mass is 32.2. The molecule has 1 heterocycles. The number of hydrogen-bond donors (Lipinski definition) is 2. The standard InChI is InChI=1S/C14H21N3S/c1-10-5-4-8-17(9-10)11-6-3-7-12(18-2)13(11)14(15)16/h3,6-7,10H,4-5,8-9H2,1-2H3,(H3,15,16). The lowest BCUT2D eigenvalue weighted by Crippen LogP contribution is -2.35. The summed E-state index contributed by atoms with van der Waals surface area (Å²) in [5.41, 5.74) is 7.80. The molecule has 1 aliphatic rings. The van der Waals surface area contributed by atoms with Gasteiger partial charge < -0.3 is 10.6 Å². The molecule has 0 bridgehead atoms. The average molecular weight is 263 g/mol. The third-order valence-electron chi connectivity index (χ3n) is 3.49. The molecular weight excluding hydrogens is 242 g/mol. The molecule has 1 saturated heterocycles. The summed E-state index contributed by atoms with van der Waals surface area (Å²) < 4.78 is 0. The molecule has 1 fully saturated rings. The van der Waals surface area contributed by atoms with E-state index in [1.807, 2.05) is 12.3 Å². The van der Waals surface area contributed by atoms with Crippen LogP contribution in [0.25, 0.3) is 0 Å². The van der Waals surface area contributed by atoms with Gasteiger partial charge in [-0.15, -0.1) is 11.8 Å². The first-order valence-electron chi connectivity index (χ1n) is 6.39. The zero-order chi connectivity index (χ0) is 13.1. The molecule has 1 aromatic rings. The monoisotopic (exact) mass is 263 g/mol. The largest absolute Gasteiger partial charge is 0.384 e. The minimum atomic E-state index is 0.174. The molecular formula is C14H21N3S. The Kier molecular flexibility index (Phi) is 4.17. The van der Waals surface area contributed by atoms with Crippen LogP contribution in [-0.4, -0.2) is 25.2 Å². The van der Waals surface area contributed by atoms with Crippen molar-refractivity contribution in [2.24, 2.45) is 11.7 Å². The number of rotatable bonds is 3. The van der Waals surface area contributed by atoms with Crippen LogP contribution in [0.15, 0.2) is 23.1 Å². The number of piperidine rings is 1. The number of benzene rings is 1. The van der Waals surface area contributed by atoms with Gasteiger partial charge in [-0.2, -0.15) is 0 Å². The Labute approximate surface area is 113 Å². The number of nitrogens with one attached hydrogen (secondary N) is 1. The van der Waals surface area contributed by atoms with E-state index in [9.17, 15) is 0 Å². The second-order valence-electron chi connectivity index (χ2n) is 4.96. The molecule has 3 nitrogen and oxygen atoms in total. The topological polar surface area (TPSA) is 53.1 Å². The van der Waals surface area contributed by atoms with E-state index in [2.05, 4.69) is 24.0 Å². The van der Waals surface area contributed by atoms with Gasteiger partial charge in [0.15, 0.2) is 0 Å². The highest BCUT2D eigenvalue weighted by molar-refractivity contribution is 7.98. The Morgan fingerprint density at radius 2 is 2.28 bits per heavy atom. The molecule has 4 heteroatoms. The van der Waals surface area contributed by atoms with Crippen molar-refractivity contribution in [3.05, 3.63) is 23.8 Å². The lowest BCUT2D eigenvalue weighted by molar-refractivity contribution is 0.446. The minimum Gasteiger partial charge on any atom is -0.384 e. The van der Waals surface area contributed by atoms with Gasteiger partial charge >= 0.3 is 0 Å². The van der Waals surface area contributed by atoms with Crippen molar-refractivity contribution < 1.29 is 0 Å². The number of hydrogen-bond acceptors (Lipinski definition) is 3. The van der Waals surface area contributed by atoms with Crippen LogP contribution >= 0.6 is 11.8 Å². The van der Waals surface area contributed by atoms with Crippen LogP contribution in [0, 0.1) is 11.3 Å². The normalized spacial score (nSPS) is 19.9. The lowest BCUT2D eigenvalue weighted by Gasteiger charge is -2.34. The molecule has 98 valence electrons. The van der Waals surface area contributed by atoms with E-state index in [1.54, 1.807) is 11.8 Å². The molecule has 0 radical (unpaired) electrons. The Hall–Kier alpha value is -1.16. The maximum Gasteiger partial charge on any atom is 0.126 e. The van der Waals surface area contributed by atoms with Crippen molar-refractivity contribution in [2.45, 2.75) is 24.7 Å². The molecule has 0 saturated carbocycles. The molecule has 1 aromatic carbocycles. The third-order valence-corrected chi connectivity index (χ3v) is 4.27. The Bertz CT molecular complexity index is 445.